The molecule has 2 aliphatic carbocycles. The van der Waals surface area contributed by atoms with Gasteiger partial charge in [0.25, 0.3) is 5.91 Å². The standard InChI is InChI=1S/C36H52FN7O6/c1-6-44-29(13-14-38-44)34(46)41-32(30(24-7-8-24)25-9-10-25)35(47)39-28-12-11-26(21-27(28)37)22(2)31(36(48)43-17-15-42(4)16-18-43)40-33(45)23(3)50-20-19-49-5/h11-14,21-25,30-32H,6-10,15-20H2,1-5H3,(H,39,47)(H,40,45)(H,41,46)/t22-,23?,31+,32-/m0/s1. The number of benzene rings is 1. The summed E-state index contributed by atoms with van der Waals surface area (Å²) < 4.78 is 28.0. The number of aromatic nitrogens is 2. The van der Waals surface area contributed by atoms with Crippen LogP contribution in [0.5, 0.6) is 0 Å². The van der Waals surface area contributed by atoms with Crippen molar-refractivity contribution in [3.05, 3.63) is 47.5 Å². The lowest BCUT2D eigenvalue weighted by Crippen LogP contribution is -2.56. The van der Waals surface area contributed by atoms with Crippen molar-refractivity contribution in [2.75, 3.05) is 58.9 Å². The molecule has 1 aromatic heterocycles. The molecule has 1 aromatic carbocycles. The van der Waals surface area contributed by atoms with Crippen LogP contribution in [0.4, 0.5) is 10.1 Å². The van der Waals surface area contributed by atoms with E-state index in [1.807, 2.05) is 14.0 Å². The number of likely N-dealkylation sites (N-methyl/N-ethyl adjacent to an activating group) is 1. The molecule has 2 aromatic rings. The number of piperazine rings is 1. The maximum absolute atomic E-state index is 15.9. The molecule has 2 saturated carbocycles. The Morgan fingerprint density at radius 2 is 1.62 bits per heavy atom. The summed E-state index contributed by atoms with van der Waals surface area (Å²) in [6, 6.07) is 4.23. The third-order valence-electron chi connectivity index (χ3n) is 10.2. The summed E-state index contributed by atoms with van der Waals surface area (Å²) in [7, 11) is 3.53. The maximum atomic E-state index is 15.9. The Morgan fingerprint density at radius 3 is 2.22 bits per heavy atom. The summed E-state index contributed by atoms with van der Waals surface area (Å²) in [6.45, 7) is 8.72. The second kappa shape index (κ2) is 16.9. The smallest absolute Gasteiger partial charge is 0.270 e. The topological polar surface area (TPSA) is 147 Å². The minimum Gasteiger partial charge on any atom is -0.382 e. The Labute approximate surface area is 293 Å². The number of hydrogen-bond donors (Lipinski definition) is 3. The molecule has 14 heteroatoms. The Bertz CT molecular complexity index is 1490. The summed E-state index contributed by atoms with van der Waals surface area (Å²) in [4.78, 5) is 58.1. The van der Waals surface area contributed by atoms with Gasteiger partial charge in [0.15, 0.2) is 0 Å². The van der Waals surface area contributed by atoms with E-state index in [2.05, 4.69) is 25.9 Å². The molecule has 274 valence electrons. The van der Waals surface area contributed by atoms with Crippen LogP contribution in [0.1, 0.15) is 68.4 Å². The maximum Gasteiger partial charge on any atom is 0.270 e. The van der Waals surface area contributed by atoms with Crippen molar-refractivity contribution < 1.29 is 33.0 Å². The summed E-state index contributed by atoms with van der Waals surface area (Å²) in [5.74, 6) is -2.23. The highest BCUT2D eigenvalue weighted by atomic mass is 19.1. The average molecular weight is 698 g/mol. The molecule has 3 fully saturated rings. The molecule has 0 radical (unpaired) electrons. The van der Waals surface area contributed by atoms with E-state index in [4.69, 9.17) is 9.47 Å². The lowest BCUT2D eigenvalue weighted by Gasteiger charge is -2.36. The Balaban J connectivity index is 1.33. The van der Waals surface area contributed by atoms with Gasteiger partial charge in [-0.25, -0.2) is 4.39 Å². The minimum absolute atomic E-state index is 0.0275. The van der Waals surface area contributed by atoms with Crippen LogP contribution in [0.3, 0.4) is 0 Å². The third-order valence-corrected chi connectivity index (χ3v) is 10.2. The van der Waals surface area contributed by atoms with Crippen molar-refractivity contribution in [2.24, 2.45) is 17.8 Å². The molecule has 3 aliphatic rings. The van der Waals surface area contributed by atoms with E-state index >= 15 is 4.39 Å². The summed E-state index contributed by atoms with van der Waals surface area (Å²) in [5.41, 5.74) is 0.817. The lowest BCUT2D eigenvalue weighted by atomic mass is 9.88. The van der Waals surface area contributed by atoms with Gasteiger partial charge in [-0.2, -0.15) is 5.10 Å². The van der Waals surface area contributed by atoms with Crippen LogP contribution in [0, 0.1) is 23.6 Å². The first-order valence-corrected chi connectivity index (χ1v) is 17.8. The number of nitrogens with zero attached hydrogens (tertiary/aromatic N) is 4. The SMILES string of the molecule is CCn1nccc1C(=O)N[C@H](C(=O)Nc1ccc([C@H](C)[C@@H](NC(=O)C(C)OCCOC)C(=O)N2CCN(C)CC2)cc1F)C(C1CC1)C1CC1. The van der Waals surface area contributed by atoms with Crippen molar-refractivity contribution in [3.63, 3.8) is 0 Å². The predicted molar refractivity (Wildman–Crippen MR) is 185 cm³/mol. The van der Waals surface area contributed by atoms with Gasteiger partial charge in [0, 0.05) is 51.9 Å². The summed E-state index contributed by atoms with van der Waals surface area (Å²) >= 11 is 0. The van der Waals surface area contributed by atoms with Gasteiger partial charge in [-0.15, -0.1) is 0 Å². The van der Waals surface area contributed by atoms with E-state index in [9.17, 15) is 19.2 Å². The number of carbonyl (C=O) groups excluding carboxylic acids is 4. The van der Waals surface area contributed by atoms with Crippen molar-refractivity contribution in [1.82, 2.24) is 30.2 Å². The van der Waals surface area contributed by atoms with E-state index in [0.717, 1.165) is 25.7 Å². The molecule has 4 atom stereocenters. The van der Waals surface area contributed by atoms with Crippen LogP contribution in [0.2, 0.25) is 0 Å². The van der Waals surface area contributed by atoms with Crippen molar-refractivity contribution in [2.45, 2.75) is 77.1 Å². The molecule has 50 heavy (non-hydrogen) atoms. The molecule has 1 saturated heterocycles. The molecule has 5 rings (SSSR count). The molecule has 1 aliphatic heterocycles. The first-order valence-electron chi connectivity index (χ1n) is 17.8. The largest absolute Gasteiger partial charge is 0.382 e. The molecule has 2 heterocycles. The van der Waals surface area contributed by atoms with E-state index < -0.39 is 47.6 Å². The van der Waals surface area contributed by atoms with Gasteiger partial charge >= 0.3 is 0 Å². The van der Waals surface area contributed by atoms with Crippen LogP contribution < -0.4 is 16.0 Å². The summed E-state index contributed by atoms with van der Waals surface area (Å²) in [5, 5.41) is 12.8. The number of halogens is 1. The number of rotatable bonds is 17. The van der Waals surface area contributed by atoms with Gasteiger partial charge < -0.3 is 35.2 Å². The third kappa shape index (κ3) is 9.26. The molecule has 3 N–H and O–H groups in total. The molecule has 0 bridgehead atoms. The van der Waals surface area contributed by atoms with Crippen LogP contribution in [0.15, 0.2) is 30.5 Å². The van der Waals surface area contributed by atoms with E-state index in [0.29, 0.717) is 62.4 Å². The van der Waals surface area contributed by atoms with Gasteiger partial charge in [0.1, 0.15) is 29.7 Å². The van der Waals surface area contributed by atoms with Crippen molar-refractivity contribution >= 4 is 29.3 Å². The Morgan fingerprint density at radius 1 is 0.940 bits per heavy atom. The van der Waals surface area contributed by atoms with Gasteiger partial charge in [-0.05, 0) is 88.1 Å². The number of carbonyl (C=O) groups is 4. The van der Waals surface area contributed by atoms with Gasteiger partial charge in [0.2, 0.25) is 17.7 Å². The predicted octanol–water partition coefficient (Wildman–Crippen LogP) is 2.63. The molecular weight excluding hydrogens is 645 g/mol. The van der Waals surface area contributed by atoms with Crippen LogP contribution >= 0.6 is 0 Å². The zero-order chi connectivity index (χ0) is 35.9. The highest BCUT2D eigenvalue weighted by Gasteiger charge is 2.48. The fourth-order valence-corrected chi connectivity index (χ4v) is 6.82. The number of aryl methyl sites for hydroxylation is 1. The number of anilines is 1. The van der Waals surface area contributed by atoms with Crippen molar-refractivity contribution in [3.8, 4) is 0 Å². The highest BCUT2D eigenvalue weighted by Crippen LogP contribution is 2.51. The molecule has 13 nitrogen and oxygen atoms in total. The fraction of sp³-hybridized carbons (Fsp3) is 0.639. The van der Waals surface area contributed by atoms with Gasteiger partial charge in [0.05, 0.1) is 18.9 Å². The van der Waals surface area contributed by atoms with Gasteiger partial charge in [-0.3, -0.25) is 23.9 Å². The number of hydrogen-bond acceptors (Lipinski definition) is 8. The number of ether oxygens (including phenoxy) is 2. The van der Waals surface area contributed by atoms with Crippen molar-refractivity contribution in [1.29, 1.82) is 0 Å². The fourth-order valence-electron chi connectivity index (χ4n) is 6.82. The number of nitrogens with one attached hydrogen (secondary N) is 3. The quantitative estimate of drug-likeness (QED) is 0.214. The second-order valence-electron chi connectivity index (χ2n) is 13.9. The van der Waals surface area contributed by atoms with Crippen LogP contribution in [-0.2, 0) is 30.4 Å². The normalized spacial score (nSPS) is 19.1. The average Bonchev–Trinajstić information content (AvgIpc) is 4.06. The zero-order valence-electron chi connectivity index (χ0n) is 29.8. The molecule has 1 unspecified atom stereocenters. The first kappa shape index (κ1) is 37.4. The van der Waals surface area contributed by atoms with Gasteiger partial charge in [-0.1, -0.05) is 13.0 Å². The molecule has 0 spiro atoms. The van der Waals surface area contributed by atoms with E-state index in [1.54, 1.807) is 41.8 Å². The monoisotopic (exact) mass is 697 g/mol. The summed E-state index contributed by atoms with van der Waals surface area (Å²) in [6.07, 6.45) is 4.71. The van der Waals surface area contributed by atoms with Crippen LogP contribution in [0.25, 0.3) is 0 Å². The Hall–Kier alpha value is -3.88. The number of methoxy groups -OCH3 is 1. The minimum atomic E-state index is -0.979. The first-order chi connectivity index (χ1) is 24.0. The Kier molecular flexibility index (Phi) is 12.6. The van der Waals surface area contributed by atoms with E-state index in [1.165, 1.54) is 19.2 Å². The van der Waals surface area contributed by atoms with Crippen LogP contribution in [-0.4, -0.2) is 115 Å². The zero-order valence-corrected chi connectivity index (χ0v) is 29.8. The van der Waals surface area contributed by atoms with E-state index in [-0.39, 0.29) is 24.1 Å². The highest BCUT2D eigenvalue weighted by molar-refractivity contribution is 6.01. The molecule has 4 amide bonds. The second-order valence-corrected chi connectivity index (χ2v) is 13.9. The molecular formula is C36H52FN7O6. The number of amides is 4. The lowest BCUT2D eigenvalue weighted by molar-refractivity contribution is -0.141.